The number of hydrazone groups is 1. The molecule has 5 nitrogen and oxygen atoms in total. The second kappa shape index (κ2) is 9.45. The highest BCUT2D eigenvalue weighted by Crippen LogP contribution is 2.28. The zero-order valence-corrected chi connectivity index (χ0v) is 15.6. The van der Waals surface area contributed by atoms with Gasteiger partial charge in [-0.25, -0.2) is 14.2 Å². The van der Waals surface area contributed by atoms with Crippen molar-refractivity contribution in [3.05, 3.63) is 95.1 Å². The zero-order chi connectivity index (χ0) is 20.6. The Morgan fingerprint density at radius 3 is 2.28 bits per heavy atom. The summed E-state index contributed by atoms with van der Waals surface area (Å²) < 4.78 is 36.9. The number of amides is 1. The maximum Gasteiger partial charge on any atom is 0.271 e. The van der Waals surface area contributed by atoms with Crippen LogP contribution in [0.15, 0.2) is 71.8 Å². The van der Waals surface area contributed by atoms with Crippen molar-refractivity contribution in [2.75, 3.05) is 7.11 Å². The molecule has 0 aliphatic heterocycles. The van der Waals surface area contributed by atoms with Gasteiger partial charge in [-0.05, 0) is 65.7 Å². The average molecular weight is 396 g/mol. The highest BCUT2D eigenvalue weighted by Gasteiger charge is 2.07. The minimum atomic E-state index is -0.451. The van der Waals surface area contributed by atoms with E-state index in [0.717, 1.165) is 5.56 Å². The summed E-state index contributed by atoms with van der Waals surface area (Å²) in [5.74, 6) is -0.168. The van der Waals surface area contributed by atoms with E-state index in [1.807, 2.05) is 0 Å². The Labute approximate surface area is 166 Å². The predicted octanol–water partition coefficient (Wildman–Crippen LogP) is 4.32. The summed E-state index contributed by atoms with van der Waals surface area (Å²) in [7, 11) is 1.51. The number of carbonyl (C=O) groups excluding carboxylic acids is 1. The van der Waals surface area contributed by atoms with Crippen molar-refractivity contribution in [3.8, 4) is 11.5 Å². The van der Waals surface area contributed by atoms with Crippen molar-refractivity contribution < 1.29 is 23.0 Å². The van der Waals surface area contributed by atoms with Gasteiger partial charge in [0.2, 0.25) is 0 Å². The Morgan fingerprint density at radius 1 is 0.966 bits per heavy atom. The van der Waals surface area contributed by atoms with Gasteiger partial charge < -0.3 is 9.47 Å². The van der Waals surface area contributed by atoms with E-state index in [0.29, 0.717) is 22.6 Å². The Morgan fingerprint density at radius 2 is 1.62 bits per heavy atom. The Kier molecular flexibility index (Phi) is 6.52. The Bertz CT molecular complexity index is 1000. The van der Waals surface area contributed by atoms with Gasteiger partial charge in [-0.2, -0.15) is 5.10 Å². The zero-order valence-electron chi connectivity index (χ0n) is 15.6. The monoisotopic (exact) mass is 396 g/mol. The molecular weight excluding hydrogens is 378 g/mol. The third-order valence-corrected chi connectivity index (χ3v) is 3.98. The lowest BCUT2D eigenvalue weighted by Gasteiger charge is -2.11. The van der Waals surface area contributed by atoms with E-state index < -0.39 is 11.7 Å². The molecule has 1 N–H and O–H groups in total. The molecule has 0 saturated heterocycles. The van der Waals surface area contributed by atoms with Crippen LogP contribution in [0.1, 0.15) is 21.5 Å². The van der Waals surface area contributed by atoms with Gasteiger partial charge in [-0.15, -0.1) is 0 Å². The first-order valence-corrected chi connectivity index (χ1v) is 8.69. The number of halogens is 2. The van der Waals surface area contributed by atoms with Gasteiger partial charge in [0, 0.05) is 5.56 Å². The molecule has 7 heteroatoms. The molecule has 3 rings (SSSR count). The Hall–Kier alpha value is -3.74. The molecule has 0 unspecified atom stereocenters. The third kappa shape index (κ3) is 5.62. The fourth-order valence-electron chi connectivity index (χ4n) is 2.46. The number of carbonyl (C=O) groups is 1. The summed E-state index contributed by atoms with van der Waals surface area (Å²) in [4.78, 5) is 11.9. The SMILES string of the molecule is COc1cc(/C=N/NC(=O)c2ccc(F)cc2)ccc1OCc1ccc(F)cc1. The molecule has 0 aliphatic rings. The van der Waals surface area contributed by atoms with Crippen LogP contribution in [-0.2, 0) is 6.61 Å². The van der Waals surface area contributed by atoms with Crippen LogP contribution in [0.4, 0.5) is 8.78 Å². The number of hydrogen-bond acceptors (Lipinski definition) is 4. The Balaban J connectivity index is 1.61. The van der Waals surface area contributed by atoms with Gasteiger partial charge in [0.15, 0.2) is 11.5 Å². The molecule has 29 heavy (non-hydrogen) atoms. The molecule has 0 heterocycles. The molecule has 0 bridgehead atoms. The topological polar surface area (TPSA) is 59.9 Å². The number of rotatable bonds is 7. The van der Waals surface area contributed by atoms with E-state index in [4.69, 9.17) is 9.47 Å². The number of ether oxygens (including phenoxy) is 2. The summed E-state index contributed by atoms with van der Waals surface area (Å²) in [6.45, 7) is 0.262. The third-order valence-electron chi connectivity index (χ3n) is 3.98. The van der Waals surface area contributed by atoms with Crippen LogP contribution in [0.3, 0.4) is 0 Å². The number of methoxy groups -OCH3 is 1. The van der Waals surface area contributed by atoms with Crippen molar-refractivity contribution in [3.63, 3.8) is 0 Å². The first-order valence-electron chi connectivity index (χ1n) is 8.69. The molecule has 0 saturated carbocycles. The first kappa shape index (κ1) is 20.0. The maximum atomic E-state index is 13.0. The fourth-order valence-corrected chi connectivity index (χ4v) is 2.46. The van der Waals surface area contributed by atoms with E-state index in [1.165, 1.54) is 49.7 Å². The van der Waals surface area contributed by atoms with Crippen LogP contribution in [0.5, 0.6) is 11.5 Å². The molecule has 0 radical (unpaired) electrons. The molecule has 0 spiro atoms. The summed E-state index contributed by atoms with van der Waals surface area (Å²) in [6.07, 6.45) is 1.45. The van der Waals surface area contributed by atoms with Crippen LogP contribution >= 0.6 is 0 Å². The molecule has 3 aromatic carbocycles. The fraction of sp³-hybridized carbons (Fsp3) is 0.0909. The lowest BCUT2D eigenvalue weighted by atomic mass is 10.2. The van der Waals surface area contributed by atoms with Gasteiger partial charge in [0.1, 0.15) is 18.2 Å². The van der Waals surface area contributed by atoms with Crippen molar-refractivity contribution in [2.24, 2.45) is 5.10 Å². The second-order valence-electron chi connectivity index (χ2n) is 6.03. The summed E-state index contributed by atoms with van der Waals surface area (Å²) in [6, 6.07) is 16.3. The van der Waals surface area contributed by atoms with Gasteiger partial charge in [-0.3, -0.25) is 4.79 Å². The normalized spacial score (nSPS) is 10.7. The first-order chi connectivity index (χ1) is 14.0. The second-order valence-corrected chi connectivity index (χ2v) is 6.03. The molecule has 1 amide bonds. The van der Waals surface area contributed by atoms with Crippen molar-refractivity contribution in [1.29, 1.82) is 0 Å². The number of benzene rings is 3. The van der Waals surface area contributed by atoms with Crippen molar-refractivity contribution in [2.45, 2.75) is 6.61 Å². The summed E-state index contributed by atoms with van der Waals surface area (Å²) in [5, 5.41) is 3.90. The van der Waals surface area contributed by atoms with E-state index in [1.54, 1.807) is 30.3 Å². The van der Waals surface area contributed by atoms with Crippen LogP contribution < -0.4 is 14.9 Å². The minimum absolute atomic E-state index is 0.262. The molecular formula is C22H18F2N2O3. The number of nitrogens with one attached hydrogen (secondary N) is 1. The molecule has 0 aromatic heterocycles. The van der Waals surface area contributed by atoms with Gasteiger partial charge >= 0.3 is 0 Å². The van der Waals surface area contributed by atoms with Crippen LogP contribution in [0.25, 0.3) is 0 Å². The quantitative estimate of drug-likeness (QED) is 0.478. The molecule has 0 atom stereocenters. The van der Waals surface area contributed by atoms with E-state index in [-0.39, 0.29) is 12.4 Å². The lowest BCUT2D eigenvalue weighted by Crippen LogP contribution is -2.17. The highest BCUT2D eigenvalue weighted by molar-refractivity contribution is 5.94. The van der Waals surface area contributed by atoms with Crippen molar-refractivity contribution >= 4 is 12.1 Å². The van der Waals surface area contributed by atoms with E-state index >= 15 is 0 Å². The average Bonchev–Trinajstić information content (AvgIpc) is 2.74. The number of hydrogen-bond donors (Lipinski definition) is 1. The van der Waals surface area contributed by atoms with Crippen LogP contribution in [0, 0.1) is 11.6 Å². The van der Waals surface area contributed by atoms with Crippen molar-refractivity contribution in [1.82, 2.24) is 5.43 Å². The molecule has 0 aliphatic carbocycles. The van der Waals surface area contributed by atoms with Gasteiger partial charge in [0.25, 0.3) is 5.91 Å². The molecule has 148 valence electrons. The van der Waals surface area contributed by atoms with Crippen LogP contribution in [-0.4, -0.2) is 19.2 Å². The summed E-state index contributed by atoms with van der Waals surface area (Å²) >= 11 is 0. The van der Waals surface area contributed by atoms with E-state index in [2.05, 4.69) is 10.5 Å². The largest absolute Gasteiger partial charge is 0.493 e. The number of nitrogens with zero attached hydrogens (tertiary/aromatic N) is 1. The van der Waals surface area contributed by atoms with Crippen LogP contribution in [0.2, 0.25) is 0 Å². The maximum absolute atomic E-state index is 13.0. The van der Waals surface area contributed by atoms with Gasteiger partial charge in [0.05, 0.1) is 13.3 Å². The minimum Gasteiger partial charge on any atom is -0.493 e. The predicted molar refractivity (Wildman–Crippen MR) is 105 cm³/mol. The molecule has 0 fully saturated rings. The summed E-state index contributed by atoms with van der Waals surface area (Å²) in [5.41, 5.74) is 4.17. The van der Waals surface area contributed by atoms with E-state index in [9.17, 15) is 13.6 Å². The standard InChI is InChI=1S/C22H18F2N2O3/c1-28-21-12-16(13-25-26-22(27)17-5-9-19(24)10-6-17)4-11-20(21)29-14-15-2-7-18(23)8-3-15/h2-13H,14H2,1H3,(H,26,27)/b25-13+. The van der Waals surface area contributed by atoms with Gasteiger partial charge in [-0.1, -0.05) is 12.1 Å². The lowest BCUT2D eigenvalue weighted by molar-refractivity contribution is 0.0955. The molecule has 3 aromatic rings. The highest BCUT2D eigenvalue weighted by atomic mass is 19.1. The smallest absolute Gasteiger partial charge is 0.271 e.